The zero-order chi connectivity index (χ0) is 15.0. The Balaban J connectivity index is 2.10. The van der Waals surface area contributed by atoms with E-state index in [1.807, 2.05) is 31.2 Å². The molecular weight excluding hydrogens is 284 g/mol. The highest BCUT2D eigenvalue weighted by molar-refractivity contribution is 6.33. The van der Waals surface area contributed by atoms with E-state index in [9.17, 15) is 4.79 Å². The summed E-state index contributed by atoms with van der Waals surface area (Å²) in [6, 6.07) is 13.6. The maximum atomic E-state index is 12.2. The quantitative estimate of drug-likeness (QED) is 0.913. The number of aryl methyl sites for hydroxylation is 2. The van der Waals surface area contributed by atoms with Crippen molar-refractivity contribution >= 4 is 23.2 Å². The van der Waals surface area contributed by atoms with Crippen molar-refractivity contribution in [3.63, 3.8) is 0 Å². The minimum atomic E-state index is -0.883. The molecule has 2 aromatic rings. The van der Waals surface area contributed by atoms with E-state index in [1.165, 1.54) is 5.56 Å². The molecule has 0 heterocycles. The van der Waals surface area contributed by atoms with Gasteiger partial charge >= 0.3 is 0 Å². The van der Waals surface area contributed by atoms with E-state index in [4.69, 9.17) is 17.3 Å². The standard InChI is InChI=1S/C17H17ClN2O/c1-11-6-7-12-8-9-17(16(19)21,13(12)10-11)20-15-5-3-2-4-14(15)18/h2-7,10,20H,8-9H2,1H3,(H2,19,21). The van der Waals surface area contributed by atoms with Crippen LogP contribution in [0, 0.1) is 6.92 Å². The highest BCUT2D eigenvalue weighted by atomic mass is 35.5. The Morgan fingerprint density at radius 3 is 2.76 bits per heavy atom. The van der Waals surface area contributed by atoms with Crippen LogP contribution >= 0.6 is 11.6 Å². The summed E-state index contributed by atoms with van der Waals surface area (Å²) in [4.78, 5) is 12.2. The van der Waals surface area contributed by atoms with Gasteiger partial charge in [-0.2, -0.15) is 0 Å². The monoisotopic (exact) mass is 300 g/mol. The second-order valence-corrected chi connectivity index (χ2v) is 5.94. The molecule has 1 aliphatic rings. The number of hydrogen-bond acceptors (Lipinski definition) is 2. The average Bonchev–Trinajstić information content (AvgIpc) is 2.81. The fraction of sp³-hybridized carbons (Fsp3) is 0.235. The molecule has 21 heavy (non-hydrogen) atoms. The van der Waals surface area contributed by atoms with Gasteiger partial charge in [-0.1, -0.05) is 47.5 Å². The smallest absolute Gasteiger partial charge is 0.247 e. The van der Waals surface area contributed by atoms with Crippen molar-refractivity contribution < 1.29 is 4.79 Å². The molecule has 3 nitrogen and oxygen atoms in total. The summed E-state index contributed by atoms with van der Waals surface area (Å²) in [5, 5.41) is 3.88. The second kappa shape index (κ2) is 5.08. The molecule has 0 spiro atoms. The van der Waals surface area contributed by atoms with Gasteiger partial charge in [0.1, 0.15) is 5.54 Å². The summed E-state index contributed by atoms with van der Waals surface area (Å²) in [7, 11) is 0. The first-order valence-electron chi connectivity index (χ1n) is 6.95. The summed E-state index contributed by atoms with van der Waals surface area (Å²) >= 11 is 6.21. The molecule has 0 saturated heterocycles. The zero-order valence-corrected chi connectivity index (χ0v) is 12.6. The number of nitrogens with one attached hydrogen (secondary N) is 1. The van der Waals surface area contributed by atoms with Crippen molar-refractivity contribution in [1.29, 1.82) is 0 Å². The highest BCUT2D eigenvalue weighted by Crippen LogP contribution is 2.41. The van der Waals surface area contributed by atoms with Gasteiger partial charge in [0.25, 0.3) is 0 Å². The Hall–Kier alpha value is -2.00. The van der Waals surface area contributed by atoms with E-state index in [-0.39, 0.29) is 5.91 Å². The van der Waals surface area contributed by atoms with Crippen molar-refractivity contribution in [2.45, 2.75) is 25.3 Å². The molecule has 1 unspecified atom stereocenters. The van der Waals surface area contributed by atoms with Gasteiger partial charge in [-0.15, -0.1) is 0 Å². The van der Waals surface area contributed by atoms with Crippen LogP contribution in [0.1, 0.15) is 23.1 Å². The Labute approximate surface area is 129 Å². The molecule has 0 bridgehead atoms. The normalized spacial score (nSPS) is 20.1. The minimum Gasteiger partial charge on any atom is -0.367 e. The number of halogens is 1. The van der Waals surface area contributed by atoms with Crippen LogP contribution in [-0.4, -0.2) is 5.91 Å². The van der Waals surface area contributed by atoms with Crippen LogP contribution in [0.15, 0.2) is 42.5 Å². The molecule has 1 amide bonds. The van der Waals surface area contributed by atoms with Crippen LogP contribution < -0.4 is 11.1 Å². The molecule has 1 atom stereocenters. The third-order valence-electron chi connectivity index (χ3n) is 4.14. The maximum absolute atomic E-state index is 12.2. The van der Waals surface area contributed by atoms with E-state index >= 15 is 0 Å². The highest BCUT2D eigenvalue weighted by Gasteiger charge is 2.44. The summed E-state index contributed by atoms with van der Waals surface area (Å²) in [6.07, 6.45) is 1.47. The Morgan fingerprint density at radius 2 is 2.05 bits per heavy atom. The van der Waals surface area contributed by atoms with Gasteiger partial charge < -0.3 is 11.1 Å². The molecule has 2 aromatic carbocycles. The van der Waals surface area contributed by atoms with Crippen molar-refractivity contribution in [2.24, 2.45) is 5.73 Å². The van der Waals surface area contributed by atoms with E-state index in [1.54, 1.807) is 6.07 Å². The van der Waals surface area contributed by atoms with Crippen LogP contribution in [0.25, 0.3) is 0 Å². The number of carbonyl (C=O) groups is 1. The molecule has 108 valence electrons. The number of amides is 1. The first kappa shape index (κ1) is 14.0. The third kappa shape index (κ3) is 2.28. The van der Waals surface area contributed by atoms with E-state index in [0.717, 1.165) is 23.2 Å². The van der Waals surface area contributed by atoms with Gasteiger partial charge in [0.15, 0.2) is 0 Å². The fourth-order valence-electron chi connectivity index (χ4n) is 3.00. The Morgan fingerprint density at radius 1 is 1.29 bits per heavy atom. The van der Waals surface area contributed by atoms with Crippen LogP contribution in [0.5, 0.6) is 0 Å². The summed E-state index contributed by atoms with van der Waals surface area (Å²) in [6.45, 7) is 2.01. The molecule has 0 radical (unpaired) electrons. The molecule has 1 aliphatic carbocycles. The van der Waals surface area contributed by atoms with Crippen molar-refractivity contribution in [3.05, 3.63) is 64.2 Å². The van der Waals surface area contributed by atoms with Gasteiger partial charge in [-0.05, 0) is 43.0 Å². The average molecular weight is 301 g/mol. The number of nitrogens with two attached hydrogens (primary N) is 1. The summed E-state index contributed by atoms with van der Waals surface area (Å²) in [5.41, 5.74) is 8.84. The molecule has 0 aromatic heterocycles. The molecule has 0 fully saturated rings. The zero-order valence-electron chi connectivity index (χ0n) is 11.8. The molecule has 3 N–H and O–H groups in total. The number of hydrogen-bond donors (Lipinski definition) is 2. The number of primary amides is 1. The van der Waals surface area contributed by atoms with Gasteiger partial charge in [0.05, 0.1) is 10.7 Å². The first-order valence-corrected chi connectivity index (χ1v) is 7.33. The first-order chi connectivity index (χ1) is 10.0. The SMILES string of the molecule is Cc1ccc2c(c1)C(Nc1ccccc1Cl)(C(N)=O)CC2. The number of anilines is 1. The van der Waals surface area contributed by atoms with Crippen molar-refractivity contribution in [3.8, 4) is 0 Å². The van der Waals surface area contributed by atoms with Crippen LogP contribution in [0.4, 0.5) is 5.69 Å². The van der Waals surface area contributed by atoms with Gasteiger partial charge in [-0.3, -0.25) is 4.79 Å². The lowest BCUT2D eigenvalue weighted by atomic mass is 9.89. The fourth-order valence-corrected chi connectivity index (χ4v) is 3.19. The molecular formula is C17H17ClN2O. The second-order valence-electron chi connectivity index (χ2n) is 5.54. The van der Waals surface area contributed by atoms with E-state index in [2.05, 4.69) is 17.4 Å². The number of rotatable bonds is 3. The van der Waals surface area contributed by atoms with Crippen molar-refractivity contribution in [1.82, 2.24) is 0 Å². The van der Waals surface area contributed by atoms with Crippen LogP contribution in [0.3, 0.4) is 0 Å². The predicted octanol–water partition coefficient (Wildman–Crippen LogP) is 3.39. The van der Waals surface area contributed by atoms with E-state index < -0.39 is 5.54 Å². The molecule has 0 aliphatic heterocycles. The predicted molar refractivity (Wildman–Crippen MR) is 85.4 cm³/mol. The van der Waals surface area contributed by atoms with Crippen molar-refractivity contribution in [2.75, 3.05) is 5.32 Å². The van der Waals surface area contributed by atoms with E-state index in [0.29, 0.717) is 11.4 Å². The molecule has 3 rings (SSSR count). The lowest BCUT2D eigenvalue weighted by Crippen LogP contribution is -2.46. The maximum Gasteiger partial charge on any atom is 0.247 e. The van der Waals surface area contributed by atoms with Crippen LogP contribution in [-0.2, 0) is 16.8 Å². The lowest BCUT2D eigenvalue weighted by Gasteiger charge is -2.30. The number of fused-ring (bicyclic) bond motifs is 1. The summed E-state index contributed by atoms with van der Waals surface area (Å²) in [5.74, 6) is -0.369. The topological polar surface area (TPSA) is 55.1 Å². The lowest BCUT2D eigenvalue weighted by molar-refractivity contribution is -0.122. The van der Waals surface area contributed by atoms with Gasteiger partial charge in [0, 0.05) is 0 Å². The van der Waals surface area contributed by atoms with Gasteiger partial charge in [0.2, 0.25) is 5.91 Å². The Bertz CT molecular complexity index is 714. The molecule has 0 saturated carbocycles. The minimum absolute atomic E-state index is 0.369. The van der Waals surface area contributed by atoms with Gasteiger partial charge in [-0.25, -0.2) is 0 Å². The summed E-state index contributed by atoms with van der Waals surface area (Å²) < 4.78 is 0. The third-order valence-corrected chi connectivity index (χ3v) is 4.47. The molecule has 4 heteroatoms. The number of para-hydroxylation sites is 1. The number of carbonyl (C=O) groups excluding carboxylic acids is 1. The largest absolute Gasteiger partial charge is 0.367 e. The van der Waals surface area contributed by atoms with Crippen LogP contribution in [0.2, 0.25) is 5.02 Å². The Kier molecular flexibility index (Phi) is 3.38. The number of benzene rings is 2.